The predicted molar refractivity (Wildman–Crippen MR) is 103 cm³/mol. The number of hydrogen-bond acceptors (Lipinski definition) is 3. The number of aliphatic hydroxyl groups excluding tert-OH is 1. The molecule has 0 saturated heterocycles. The number of nitrogens with zero attached hydrogens (tertiary/aromatic N) is 2. The van der Waals surface area contributed by atoms with Crippen LogP contribution in [0.3, 0.4) is 0 Å². The van der Waals surface area contributed by atoms with E-state index in [1.165, 1.54) is 57.8 Å². The number of aliphatic hydroxyl groups is 1. The number of carboxylic acids is 1. The van der Waals surface area contributed by atoms with Crippen molar-refractivity contribution in [1.29, 1.82) is 0 Å². The van der Waals surface area contributed by atoms with E-state index < -0.39 is 12.2 Å². The molecule has 1 aliphatic rings. The summed E-state index contributed by atoms with van der Waals surface area (Å²) in [6.07, 6.45) is 13.6. The lowest BCUT2D eigenvalue weighted by atomic mass is 10.1. The average Bonchev–Trinajstić information content (AvgIpc) is 2.98. The van der Waals surface area contributed by atoms with Gasteiger partial charge in [-0.1, -0.05) is 71.6 Å². The normalized spacial score (nSPS) is 21.3. The number of amidine groups is 1. The van der Waals surface area contributed by atoms with Gasteiger partial charge >= 0.3 is 5.97 Å². The SMILES string of the molecule is CCCCCCCCCCCCC1=NCC[N+]1(CC(=O)O)C(O)CC. The Morgan fingerprint density at radius 1 is 1.04 bits per heavy atom. The van der Waals surface area contributed by atoms with Crippen molar-refractivity contribution in [2.75, 3.05) is 19.6 Å². The molecule has 1 heterocycles. The summed E-state index contributed by atoms with van der Waals surface area (Å²) in [6, 6.07) is 0. The molecule has 0 fully saturated rings. The van der Waals surface area contributed by atoms with E-state index in [2.05, 4.69) is 11.9 Å². The average molecular weight is 356 g/mol. The molecule has 0 aromatic carbocycles. The van der Waals surface area contributed by atoms with Crippen molar-refractivity contribution in [1.82, 2.24) is 0 Å². The molecule has 146 valence electrons. The minimum Gasteiger partial charge on any atom is -0.477 e. The van der Waals surface area contributed by atoms with Crippen molar-refractivity contribution in [3.05, 3.63) is 0 Å². The van der Waals surface area contributed by atoms with Gasteiger partial charge in [-0.2, -0.15) is 0 Å². The molecule has 1 rings (SSSR count). The standard InChI is InChI=1S/C20H38N2O3/c1-3-5-6-7-8-9-10-11-12-13-14-18-21-15-16-22(18,17-20(24)25)19(23)4-2/h19,23H,3-17H2,1-2H3/p+1. The zero-order chi connectivity index (χ0) is 18.5. The highest BCUT2D eigenvalue weighted by atomic mass is 16.4. The van der Waals surface area contributed by atoms with Gasteiger partial charge in [0.25, 0.3) is 0 Å². The Bertz CT molecular complexity index is 412. The van der Waals surface area contributed by atoms with Crippen molar-refractivity contribution >= 4 is 11.8 Å². The van der Waals surface area contributed by atoms with E-state index in [-0.39, 0.29) is 11.0 Å². The van der Waals surface area contributed by atoms with Crippen LogP contribution in [0.15, 0.2) is 4.99 Å². The minimum atomic E-state index is -0.856. The molecule has 0 amide bonds. The lowest BCUT2D eigenvalue weighted by Crippen LogP contribution is -2.60. The molecule has 5 nitrogen and oxygen atoms in total. The second-order valence-corrected chi connectivity index (χ2v) is 7.43. The number of quaternary nitrogens is 1. The Morgan fingerprint density at radius 3 is 2.12 bits per heavy atom. The molecule has 0 bridgehead atoms. The van der Waals surface area contributed by atoms with Crippen molar-refractivity contribution < 1.29 is 19.5 Å². The van der Waals surface area contributed by atoms with Crippen molar-refractivity contribution in [2.45, 2.75) is 97.1 Å². The second kappa shape index (κ2) is 12.4. The molecule has 0 spiro atoms. The lowest BCUT2D eigenvalue weighted by molar-refractivity contribution is -0.879. The van der Waals surface area contributed by atoms with Crippen LogP contribution in [0.2, 0.25) is 0 Å². The lowest BCUT2D eigenvalue weighted by Gasteiger charge is -2.37. The summed E-state index contributed by atoms with van der Waals surface area (Å²) in [5.74, 6) is 0.0430. The van der Waals surface area contributed by atoms with E-state index in [0.717, 1.165) is 18.7 Å². The van der Waals surface area contributed by atoms with Crippen LogP contribution in [0.25, 0.3) is 0 Å². The molecule has 2 unspecified atom stereocenters. The maximum absolute atomic E-state index is 11.3. The third kappa shape index (κ3) is 7.45. The van der Waals surface area contributed by atoms with E-state index in [4.69, 9.17) is 0 Å². The Hall–Kier alpha value is -0.940. The van der Waals surface area contributed by atoms with Gasteiger partial charge < -0.3 is 10.2 Å². The van der Waals surface area contributed by atoms with E-state index >= 15 is 0 Å². The number of aliphatic carboxylic acids is 1. The summed E-state index contributed by atoms with van der Waals surface area (Å²) < 4.78 is 0.156. The zero-order valence-electron chi connectivity index (χ0n) is 16.4. The number of rotatable bonds is 15. The summed E-state index contributed by atoms with van der Waals surface area (Å²) >= 11 is 0. The van der Waals surface area contributed by atoms with Crippen LogP contribution in [0, 0.1) is 0 Å². The Kier molecular flexibility index (Phi) is 11.0. The fourth-order valence-corrected chi connectivity index (χ4v) is 3.89. The van der Waals surface area contributed by atoms with Gasteiger partial charge in [-0.05, 0) is 6.42 Å². The maximum atomic E-state index is 11.3. The smallest absolute Gasteiger partial charge is 0.359 e. The van der Waals surface area contributed by atoms with Crippen LogP contribution in [0.5, 0.6) is 0 Å². The van der Waals surface area contributed by atoms with Crippen LogP contribution in [0.1, 0.15) is 90.9 Å². The summed E-state index contributed by atoms with van der Waals surface area (Å²) in [5, 5.41) is 19.7. The summed E-state index contributed by atoms with van der Waals surface area (Å²) in [6.45, 7) is 5.36. The van der Waals surface area contributed by atoms with Crippen molar-refractivity contribution in [2.24, 2.45) is 4.99 Å². The largest absolute Gasteiger partial charge is 0.477 e. The van der Waals surface area contributed by atoms with Crippen molar-refractivity contribution in [3.8, 4) is 0 Å². The first-order valence-electron chi connectivity index (χ1n) is 10.4. The monoisotopic (exact) mass is 355 g/mol. The first kappa shape index (κ1) is 22.1. The van der Waals surface area contributed by atoms with Crippen LogP contribution in [-0.4, -0.2) is 52.4 Å². The van der Waals surface area contributed by atoms with Crippen LogP contribution < -0.4 is 0 Å². The third-order valence-electron chi connectivity index (χ3n) is 5.41. The quantitative estimate of drug-likeness (QED) is 0.339. The Morgan fingerprint density at radius 2 is 1.60 bits per heavy atom. The van der Waals surface area contributed by atoms with Crippen LogP contribution in [0.4, 0.5) is 0 Å². The fraction of sp³-hybridized carbons (Fsp3) is 0.900. The van der Waals surface area contributed by atoms with Gasteiger partial charge in [0.1, 0.15) is 6.54 Å². The first-order valence-corrected chi connectivity index (χ1v) is 10.4. The highest BCUT2D eigenvalue weighted by molar-refractivity contribution is 5.80. The first-order chi connectivity index (χ1) is 12.1. The van der Waals surface area contributed by atoms with E-state index in [9.17, 15) is 15.0 Å². The maximum Gasteiger partial charge on any atom is 0.359 e. The summed E-state index contributed by atoms with van der Waals surface area (Å²) in [4.78, 5) is 15.8. The summed E-state index contributed by atoms with van der Waals surface area (Å²) in [5.41, 5.74) is 0. The topological polar surface area (TPSA) is 69.9 Å². The van der Waals surface area contributed by atoms with Gasteiger partial charge in [-0.3, -0.25) is 0 Å². The molecule has 0 aliphatic carbocycles. The van der Waals surface area contributed by atoms with E-state index in [0.29, 0.717) is 19.5 Å². The summed E-state index contributed by atoms with van der Waals surface area (Å²) in [7, 11) is 0. The zero-order valence-corrected chi connectivity index (χ0v) is 16.4. The van der Waals surface area contributed by atoms with Crippen LogP contribution in [-0.2, 0) is 4.79 Å². The number of aliphatic imine (C=N–C) groups is 1. The van der Waals surface area contributed by atoms with Crippen molar-refractivity contribution in [3.63, 3.8) is 0 Å². The molecule has 25 heavy (non-hydrogen) atoms. The fourth-order valence-electron chi connectivity index (χ4n) is 3.89. The molecule has 1 aliphatic heterocycles. The number of carbonyl (C=O) groups is 1. The predicted octanol–water partition coefficient (Wildman–Crippen LogP) is 4.34. The highest BCUT2D eigenvalue weighted by Gasteiger charge is 2.44. The number of hydrogen-bond donors (Lipinski definition) is 2. The van der Waals surface area contributed by atoms with Gasteiger partial charge in [0.05, 0.1) is 6.54 Å². The van der Waals surface area contributed by atoms with Gasteiger partial charge in [-0.25, -0.2) is 14.3 Å². The van der Waals surface area contributed by atoms with Crippen LogP contribution >= 0.6 is 0 Å². The van der Waals surface area contributed by atoms with Gasteiger partial charge in [0.2, 0.25) is 5.84 Å². The molecular weight excluding hydrogens is 316 g/mol. The Labute approximate surface area is 153 Å². The van der Waals surface area contributed by atoms with Gasteiger partial charge in [0, 0.05) is 12.8 Å². The molecule has 2 N–H and O–H groups in total. The molecule has 0 aromatic heterocycles. The molecule has 0 aromatic rings. The van der Waals surface area contributed by atoms with Gasteiger partial charge in [0.15, 0.2) is 12.8 Å². The molecule has 0 saturated carbocycles. The Balaban J connectivity index is 2.27. The third-order valence-corrected chi connectivity index (χ3v) is 5.41. The second-order valence-electron chi connectivity index (χ2n) is 7.43. The minimum absolute atomic E-state index is 0.0500. The molecule has 2 atom stereocenters. The highest BCUT2D eigenvalue weighted by Crippen LogP contribution is 2.24. The van der Waals surface area contributed by atoms with E-state index in [1.54, 1.807) is 0 Å². The number of unbranched alkanes of at least 4 members (excludes halogenated alkanes) is 9. The number of carboxylic acid groups (broad SMARTS) is 1. The molecule has 0 radical (unpaired) electrons. The molecular formula is C20H39N2O3+. The van der Waals surface area contributed by atoms with Gasteiger partial charge in [-0.15, -0.1) is 0 Å². The van der Waals surface area contributed by atoms with E-state index in [1.807, 2.05) is 6.92 Å². The molecule has 5 heteroatoms.